The van der Waals surface area contributed by atoms with E-state index in [1.807, 2.05) is 12.1 Å². The summed E-state index contributed by atoms with van der Waals surface area (Å²) < 4.78 is 11.6. The van der Waals surface area contributed by atoms with Crippen molar-refractivity contribution in [2.75, 3.05) is 18.5 Å². The Labute approximate surface area is 198 Å². The zero-order chi connectivity index (χ0) is 21.8. The molecule has 0 bridgehead atoms. The number of rotatable bonds is 19. The van der Waals surface area contributed by atoms with Gasteiger partial charge < -0.3 is 9.47 Å². The summed E-state index contributed by atoms with van der Waals surface area (Å²) in [5.74, 6) is 0.837. The average Bonchev–Trinajstić information content (AvgIpc) is 2.82. The highest BCUT2D eigenvalue weighted by Crippen LogP contribution is 2.20. The molecule has 0 amide bonds. The van der Waals surface area contributed by atoms with Crippen LogP contribution in [0.5, 0.6) is 0 Å². The highest BCUT2D eigenvalue weighted by atomic mass is 79.9. The van der Waals surface area contributed by atoms with Crippen LogP contribution in [0, 0.1) is 5.92 Å². The van der Waals surface area contributed by atoms with Crippen molar-refractivity contribution >= 4 is 15.9 Å². The highest BCUT2D eigenvalue weighted by Gasteiger charge is 2.06. The molecule has 3 heteroatoms. The van der Waals surface area contributed by atoms with Crippen LogP contribution in [0.15, 0.2) is 60.7 Å². The maximum atomic E-state index is 5.78. The molecular weight excluding hydrogens is 448 g/mol. The molecule has 0 aliphatic carbocycles. The summed E-state index contributed by atoms with van der Waals surface area (Å²) in [5, 5.41) is 1.15. The second-order valence-corrected chi connectivity index (χ2v) is 9.15. The molecule has 2 aromatic carbocycles. The fourth-order valence-electron chi connectivity index (χ4n) is 3.81. The minimum Gasteiger partial charge on any atom is -0.377 e. The first-order chi connectivity index (χ1) is 15.4. The molecule has 31 heavy (non-hydrogen) atoms. The second-order valence-electron chi connectivity index (χ2n) is 8.50. The van der Waals surface area contributed by atoms with E-state index in [9.17, 15) is 0 Å². The first-order valence-corrected chi connectivity index (χ1v) is 13.3. The van der Waals surface area contributed by atoms with Gasteiger partial charge in [0.25, 0.3) is 0 Å². The number of benzene rings is 2. The van der Waals surface area contributed by atoms with Gasteiger partial charge in [0.2, 0.25) is 0 Å². The van der Waals surface area contributed by atoms with E-state index in [0.717, 1.165) is 37.7 Å². The molecule has 0 aliphatic heterocycles. The van der Waals surface area contributed by atoms with Crippen molar-refractivity contribution in [3.63, 3.8) is 0 Å². The van der Waals surface area contributed by atoms with Crippen LogP contribution in [-0.2, 0) is 22.7 Å². The number of hydrogen-bond donors (Lipinski definition) is 0. The van der Waals surface area contributed by atoms with E-state index >= 15 is 0 Å². The lowest BCUT2D eigenvalue weighted by atomic mass is 9.96. The number of unbranched alkanes of at least 4 members (excludes halogenated alkanes) is 6. The van der Waals surface area contributed by atoms with Gasteiger partial charge >= 0.3 is 0 Å². The fraction of sp³-hybridized carbons (Fsp3) is 0.571. The summed E-state index contributed by atoms with van der Waals surface area (Å²) in [6.45, 7) is 3.25. The third-order valence-corrected chi connectivity index (χ3v) is 6.66. The Kier molecular flexibility index (Phi) is 15.5. The summed E-state index contributed by atoms with van der Waals surface area (Å²) in [4.78, 5) is 0. The number of ether oxygens (including phenoxy) is 2. The molecule has 0 aromatic heterocycles. The van der Waals surface area contributed by atoms with Gasteiger partial charge in [-0.15, -0.1) is 0 Å². The summed E-state index contributed by atoms with van der Waals surface area (Å²) in [6, 6.07) is 20.9. The Balaban J connectivity index is 1.34. The molecule has 0 aliphatic rings. The number of halogens is 1. The molecule has 0 atom stereocenters. The van der Waals surface area contributed by atoms with Gasteiger partial charge in [-0.3, -0.25) is 0 Å². The van der Waals surface area contributed by atoms with Gasteiger partial charge in [0.1, 0.15) is 0 Å². The molecule has 0 radical (unpaired) electrons. The van der Waals surface area contributed by atoms with E-state index < -0.39 is 0 Å². The van der Waals surface area contributed by atoms with E-state index in [1.165, 1.54) is 75.3 Å². The third kappa shape index (κ3) is 13.8. The van der Waals surface area contributed by atoms with Gasteiger partial charge in [-0.1, -0.05) is 115 Å². The predicted molar refractivity (Wildman–Crippen MR) is 136 cm³/mol. The lowest BCUT2D eigenvalue weighted by Crippen LogP contribution is -2.03. The normalized spacial score (nSPS) is 11.3. The Morgan fingerprint density at radius 2 is 0.968 bits per heavy atom. The van der Waals surface area contributed by atoms with Crippen molar-refractivity contribution < 1.29 is 9.47 Å². The molecule has 2 nitrogen and oxygen atoms in total. The summed E-state index contributed by atoms with van der Waals surface area (Å²) >= 11 is 3.73. The monoisotopic (exact) mass is 488 g/mol. The van der Waals surface area contributed by atoms with E-state index in [0.29, 0.717) is 0 Å². The Bertz CT molecular complexity index is 576. The molecule has 0 fully saturated rings. The van der Waals surface area contributed by atoms with E-state index in [2.05, 4.69) is 64.5 Å². The van der Waals surface area contributed by atoms with Crippen molar-refractivity contribution in [1.82, 2.24) is 0 Å². The molecule has 2 aromatic rings. The fourth-order valence-corrected chi connectivity index (χ4v) is 4.46. The molecule has 172 valence electrons. The maximum Gasteiger partial charge on any atom is 0.0716 e. The van der Waals surface area contributed by atoms with Crippen LogP contribution in [0.3, 0.4) is 0 Å². The van der Waals surface area contributed by atoms with E-state index in [4.69, 9.17) is 9.47 Å². The topological polar surface area (TPSA) is 18.5 Å². The van der Waals surface area contributed by atoms with Gasteiger partial charge in [-0.05, 0) is 42.7 Å². The van der Waals surface area contributed by atoms with Crippen molar-refractivity contribution in [2.24, 2.45) is 5.92 Å². The first kappa shape index (κ1) is 26.1. The van der Waals surface area contributed by atoms with Crippen molar-refractivity contribution in [1.29, 1.82) is 0 Å². The maximum absolute atomic E-state index is 5.78. The third-order valence-electron chi connectivity index (χ3n) is 5.74. The standard InChI is InChI=1S/C28H41BrO2/c29-23-26(15-7-1-3-13-21-30-24-27-17-9-5-10-18-27)16-8-2-4-14-22-31-25-28-19-11-6-12-20-28/h5-6,9-12,17-20,26H,1-4,7-8,13-16,21-25H2. The molecule has 0 saturated carbocycles. The highest BCUT2D eigenvalue weighted by molar-refractivity contribution is 9.09. The van der Waals surface area contributed by atoms with Crippen LogP contribution in [0.2, 0.25) is 0 Å². The van der Waals surface area contributed by atoms with Gasteiger partial charge in [0, 0.05) is 18.5 Å². The molecular formula is C28H41BrO2. The van der Waals surface area contributed by atoms with Gasteiger partial charge in [-0.2, -0.15) is 0 Å². The summed E-state index contributed by atoms with van der Waals surface area (Å²) in [5.41, 5.74) is 2.53. The van der Waals surface area contributed by atoms with Crippen LogP contribution >= 0.6 is 15.9 Å². The molecule has 0 spiro atoms. The zero-order valence-electron chi connectivity index (χ0n) is 19.2. The van der Waals surface area contributed by atoms with E-state index in [-0.39, 0.29) is 0 Å². The lowest BCUT2D eigenvalue weighted by molar-refractivity contribution is 0.116. The summed E-state index contributed by atoms with van der Waals surface area (Å²) in [7, 11) is 0. The molecule has 2 rings (SSSR count). The molecule has 0 heterocycles. The van der Waals surface area contributed by atoms with Crippen molar-refractivity contribution in [2.45, 2.75) is 77.4 Å². The average molecular weight is 490 g/mol. The molecule has 0 saturated heterocycles. The van der Waals surface area contributed by atoms with Gasteiger partial charge in [0.05, 0.1) is 13.2 Å². The molecule has 0 unspecified atom stereocenters. The summed E-state index contributed by atoms with van der Waals surface area (Å²) in [6.07, 6.45) is 13.0. The minimum atomic E-state index is 0.742. The Hall–Kier alpha value is -1.16. The van der Waals surface area contributed by atoms with Crippen molar-refractivity contribution in [3.05, 3.63) is 71.8 Å². The Morgan fingerprint density at radius 1 is 0.548 bits per heavy atom. The second kappa shape index (κ2) is 18.4. The minimum absolute atomic E-state index is 0.742. The smallest absolute Gasteiger partial charge is 0.0716 e. The van der Waals surface area contributed by atoms with Crippen LogP contribution in [0.1, 0.15) is 75.3 Å². The predicted octanol–water partition coefficient (Wildman–Crippen LogP) is 8.33. The van der Waals surface area contributed by atoms with Crippen LogP contribution in [0.25, 0.3) is 0 Å². The van der Waals surface area contributed by atoms with Crippen LogP contribution < -0.4 is 0 Å². The van der Waals surface area contributed by atoms with Crippen LogP contribution in [-0.4, -0.2) is 18.5 Å². The SMILES string of the molecule is BrCC(CCCCCCOCc1ccccc1)CCCCCCOCc1ccccc1. The van der Waals surface area contributed by atoms with Gasteiger partial charge in [-0.25, -0.2) is 0 Å². The largest absolute Gasteiger partial charge is 0.377 e. The molecule has 0 N–H and O–H groups in total. The van der Waals surface area contributed by atoms with Gasteiger partial charge in [0.15, 0.2) is 0 Å². The quantitative estimate of drug-likeness (QED) is 0.146. The zero-order valence-corrected chi connectivity index (χ0v) is 20.7. The first-order valence-electron chi connectivity index (χ1n) is 12.2. The van der Waals surface area contributed by atoms with E-state index in [1.54, 1.807) is 0 Å². The Morgan fingerprint density at radius 3 is 1.39 bits per heavy atom. The number of hydrogen-bond acceptors (Lipinski definition) is 2. The van der Waals surface area contributed by atoms with Crippen molar-refractivity contribution in [3.8, 4) is 0 Å². The lowest BCUT2D eigenvalue weighted by Gasteiger charge is -2.14. The number of alkyl halides is 1. The van der Waals surface area contributed by atoms with Crippen LogP contribution in [0.4, 0.5) is 0 Å².